The minimum Gasteiger partial charge on any atom is -0.383 e. The predicted octanol–water partition coefficient (Wildman–Crippen LogP) is 2.43. The standard InChI is InChI=1S/C12H24N2O/c1-5-11(3)14(9-10-15-4)12(6-2)7-8-13/h11-12H,5-7,9-10H2,1-4H3. The smallest absolute Gasteiger partial charge is 0.0638 e. The van der Waals surface area contributed by atoms with Crippen molar-refractivity contribution >= 4 is 0 Å². The normalized spacial score (nSPS) is 14.9. The fourth-order valence-corrected chi connectivity index (χ4v) is 1.80. The van der Waals surface area contributed by atoms with E-state index in [2.05, 4.69) is 31.7 Å². The Labute approximate surface area is 94.0 Å². The average Bonchev–Trinajstić information content (AvgIpc) is 2.27. The van der Waals surface area contributed by atoms with Gasteiger partial charge in [0, 0.05) is 25.7 Å². The Morgan fingerprint density at radius 3 is 2.40 bits per heavy atom. The van der Waals surface area contributed by atoms with Gasteiger partial charge in [-0.3, -0.25) is 4.90 Å². The van der Waals surface area contributed by atoms with E-state index in [1.54, 1.807) is 7.11 Å². The van der Waals surface area contributed by atoms with Crippen molar-refractivity contribution in [1.29, 1.82) is 5.26 Å². The van der Waals surface area contributed by atoms with Crippen molar-refractivity contribution < 1.29 is 4.74 Å². The zero-order valence-corrected chi connectivity index (χ0v) is 10.5. The molecule has 3 heteroatoms. The molecule has 3 nitrogen and oxygen atoms in total. The molecule has 0 aromatic carbocycles. The lowest BCUT2D eigenvalue weighted by atomic mass is 10.1. The fraction of sp³-hybridized carbons (Fsp3) is 0.917. The number of nitriles is 1. The highest BCUT2D eigenvalue weighted by molar-refractivity contribution is 4.84. The van der Waals surface area contributed by atoms with Gasteiger partial charge >= 0.3 is 0 Å². The second-order valence-electron chi connectivity index (χ2n) is 3.91. The van der Waals surface area contributed by atoms with E-state index in [0.29, 0.717) is 18.5 Å². The van der Waals surface area contributed by atoms with Gasteiger partial charge in [-0.25, -0.2) is 0 Å². The molecule has 2 atom stereocenters. The van der Waals surface area contributed by atoms with Crippen LogP contribution in [0.4, 0.5) is 0 Å². The summed E-state index contributed by atoms with van der Waals surface area (Å²) >= 11 is 0. The van der Waals surface area contributed by atoms with Crippen LogP contribution in [-0.2, 0) is 4.74 Å². The third kappa shape index (κ3) is 5.15. The second kappa shape index (κ2) is 8.70. The van der Waals surface area contributed by atoms with Gasteiger partial charge in [0.05, 0.1) is 19.1 Å². The molecule has 88 valence electrons. The molecular formula is C12H24N2O. The largest absolute Gasteiger partial charge is 0.383 e. The molecule has 0 heterocycles. The first-order valence-corrected chi connectivity index (χ1v) is 5.82. The second-order valence-corrected chi connectivity index (χ2v) is 3.91. The van der Waals surface area contributed by atoms with E-state index < -0.39 is 0 Å². The Balaban J connectivity index is 4.36. The molecule has 2 unspecified atom stereocenters. The molecule has 15 heavy (non-hydrogen) atoms. The van der Waals surface area contributed by atoms with Gasteiger partial charge in [0.1, 0.15) is 0 Å². The van der Waals surface area contributed by atoms with Crippen molar-refractivity contribution in [2.24, 2.45) is 0 Å². The summed E-state index contributed by atoms with van der Waals surface area (Å²) in [5.41, 5.74) is 0. The molecule has 0 rings (SSSR count). The van der Waals surface area contributed by atoms with Gasteiger partial charge in [-0.15, -0.1) is 0 Å². The molecule has 0 aliphatic rings. The molecule has 0 bridgehead atoms. The number of nitrogens with zero attached hydrogens (tertiary/aromatic N) is 2. The summed E-state index contributed by atoms with van der Waals surface area (Å²) in [4.78, 5) is 2.40. The molecular weight excluding hydrogens is 188 g/mol. The van der Waals surface area contributed by atoms with Crippen molar-refractivity contribution in [3.8, 4) is 6.07 Å². The maximum absolute atomic E-state index is 8.79. The fourth-order valence-electron chi connectivity index (χ4n) is 1.80. The minimum absolute atomic E-state index is 0.375. The van der Waals surface area contributed by atoms with Crippen LogP contribution in [0.15, 0.2) is 0 Å². The molecule has 0 radical (unpaired) electrons. The van der Waals surface area contributed by atoms with E-state index in [0.717, 1.165) is 26.0 Å². The molecule has 0 aromatic heterocycles. The van der Waals surface area contributed by atoms with Crippen LogP contribution in [0.5, 0.6) is 0 Å². The zero-order valence-electron chi connectivity index (χ0n) is 10.5. The predicted molar refractivity (Wildman–Crippen MR) is 62.6 cm³/mol. The highest BCUT2D eigenvalue weighted by atomic mass is 16.5. The van der Waals surface area contributed by atoms with Gasteiger partial charge in [0.15, 0.2) is 0 Å². The van der Waals surface area contributed by atoms with Crippen molar-refractivity contribution in [2.75, 3.05) is 20.3 Å². The van der Waals surface area contributed by atoms with Crippen LogP contribution in [0.1, 0.15) is 40.0 Å². The Hall–Kier alpha value is -0.590. The maximum atomic E-state index is 8.79. The quantitative estimate of drug-likeness (QED) is 0.620. The lowest BCUT2D eigenvalue weighted by molar-refractivity contribution is 0.0873. The number of ether oxygens (including phenoxy) is 1. The lowest BCUT2D eigenvalue weighted by Gasteiger charge is -2.34. The summed E-state index contributed by atoms with van der Waals surface area (Å²) in [7, 11) is 1.72. The van der Waals surface area contributed by atoms with E-state index >= 15 is 0 Å². The first kappa shape index (κ1) is 14.4. The van der Waals surface area contributed by atoms with E-state index in [1.807, 2.05) is 0 Å². The Morgan fingerprint density at radius 1 is 1.33 bits per heavy atom. The number of hydrogen-bond acceptors (Lipinski definition) is 3. The molecule has 0 aliphatic heterocycles. The van der Waals surface area contributed by atoms with Crippen LogP contribution in [-0.4, -0.2) is 37.2 Å². The summed E-state index contributed by atoms with van der Waals surface area (Å²) in [6.45, 7) is 8.21. The third-order valence-corrected chi connectivity index (χ3v) is 2.98. The number of rotatable bonds is 8. The minimum atomic E-state index is 0.375. The molecule has 0 amide bonds. The molecule has 0 fully saturated rings. The Kier molecular flexibility index (Phi) is 8.35. The van der Waals surface area contributed by atoms with Gasteiger partial charge < -0.3 is 4.74 Å². The average molecular weight is 212 g/mol. The van der Waals surface area contributed by atoms with Crippen molar-refractivity contribution in [1.82, 2.24) is 4.90 Å². The highest BCUT2D eigenvalue weighted by Gasteiger charge is 2.20. The summed E-state index contributed by atoms with van der Waals surface area (Å²) in [6.07, 6.45) is 2.76. The van der Waals surface area contributed by atoms with Crippen LogP contribution in [0, 0.1) is 11.3 Å². The zero-order chi connectivity index (χ0) is 11.7. The van der Waals surface area contributed by atoms with Gasteiger partial charge in [-0.2, -0.15) is 5.26 Å². The molecule has 0 aliphatic carbocycles. The van der Waals surface area contributed by atoms with Crippen molar-refractivity contribution in [3.05, 3.63) is 0 Å². The lowest BCUT2D eigenvalue weighted by Crippen LogP contribution is -2.43. The van der Waals surface area contributed by atoms with Crippen LogP contribution < -0.4 is 0 Å². The van der Waals surface area contributed by atoms with Crippen LogP contribution in [0.3, 0.4) is 0 Å². The van der Waals surface area contributed by atoms with Crippen LogP contribution in [0.25, 0.3) is 0 Å². The topological polar surface area (TPSA) is 36.3 Å². The van der Waals surface area contributed by atoms with Gasteiger partial charge in [-0.05, 0) is 19.8 Å². The molecule has 0 saturated carbocycles. The van der Waals surface area contributed by atoms with E-state index in [-0.39, 0.29) is 0 Å². The van der Waals surface area contributed by atoms with Gasteiger partial charge in [-0.1, -0.05) is 13.8 Å². The summed E-state index contributed by atoms with van der Waals surface area (Å²) in [5.74, 6) is 0. The van der Waals surface area contributed by atoms with Crippen molar-refractivity contribution in [3.63, 3.8) is 0 Å². The monoisotopic (exact) mass is 212 g/mol. The Morgan fingerprint density at radius 2 is 2.00 bits per heavy atom. The maximum Gasteiger partial charge on any atom is 0.0638 e. The molecule has 0 saturated heterocycles. The van der Waals surface area contributed by atoms with E-state index in [4.69, 9.17) is 10.00 Å². The van der Waals surface area contributed by atoms with E-state index in [1.165, 1.54) is 0 Å². The number of methoxy groups -OCH3 is 1. The first-order chi connectivity index (χ1) is 7.21. The molecule has 0 N–H and O–H groups in total. The Bertz CT molecular complexity index is 189. The summed E-state index contributed by atoms with van der Waals surface area (Å²) in [5, 5.41) is 8.79. The SMILES string of the molecule is CCC(C)N(CCOC)C(CC)CC#N. The highest BCUT2D eigenvalue weighted by Crippen LogP contribution is 2.14. The van der Waals surface area contributed by atoms with Gasteiger partial charge in [0.2, 0.25) is 0 Å². The molecule has 0 aromatic rings. The van der Waals surface area contributed by atoms with Gasteiger partial charge in [0.25, 0.3) is 0 Å². The van der Waals surface area contributed by atoms with Crippen LogP contribution in [0.2, 0.25) is 0 Å². The molecule has 0 spiro atoms. The van der Waals surface area contributed by atoms with E-state index in [9.17, 15) is 0 Å². The third-order valence-electron chi connectivity index (χ3n) is 2.98. The van der Waals surface area contributed by atoms with Crippen LogP contribution >= 0.6 is 0 Å². The van der Waals surface area contributed by atoms with Crippen molar-refractivity contribution in [2.45, 2.75) is 52.1 Å². The first-order valence-electron chi connectivity index (χ1n) is 5.82. The summed E-state index contributed by atoms with van der Waals surface area (Å²) in [6, 6.07) is 3.17. The number of hydrogen-bond donors (Lipinski definition) is 0. The summed E-state index contributed by atoms with van der Waals surface area (Å²) < 4.78 is 5.12.